The van der Waals surface area contributed by atoms with Gasteiger partial charge >= 0.3 is 6.09 Å². The van der Waals surface area contributed by atoms with E-state index in [-0.39, 0.29) is 6.09 Å². The number of carbonyl (C=O) groups is 1. The number of piperidine rings is 1. The molecule has 1 amide bonds. The van der Waals surface area contributed by atoms with Crippen LogP contribution in [-0.2, 0) is 4.74 Å². The summed E-state index contributed by atoms with van der Waals surface area (Å²) in [5, 5.41) is 4.62. The van der Waals surface area contributed by atoms with Crippen LogP contribution in [0.4, 0.5) is 4.79 Å². The van der Waals surface area contributed by atoms with E-state index in [0.717, 1.165) is 25.9 Å². The zero-order valence-corrected chi connectivity index (χ0v) is 21.8. The summed E-state index contributed by atoms with van der Waals surface area (Å²) < 4.78 is 5.64. The number of hydrogen-bond acceptors (Lipinski definition) is 2. The fourth-order valence-corrected chi connectivity index (χ4v) is 11.9. The maximum atomic E-state index is 12.6. The van der Waals surface area contributed by atoms with Gasteiger partial charge in [0.1, 0.15) is 13.7 Å². The average molecular weight is 470 g/mol. The minimum absolute atomic E-state index is 0.173. The highest BCUT2D eigenvalue weighted by molar-refractivity contribution is 7.14. The van der Waals surface area contributed by atoms with Crippen molar-refractivity contribution in [3.8, 4) is 11.1 Å². The molecule has 0 bridgehead atoms. The summed E-state index contributed by atoms with van der Waals surface area (Å²) in [6.45, 7) is 9.62. The van der Waals surface area contributed by atoms with E-state index in [0.29, 0.717) is 5.92 Å². The second-order valence-electron chi connectivity index (χ2n) is 10.9. The molecule has 1 fully saturated rings. The number of rotatable bonds is 3. The third kappa shape index (κ3) is 3.98. The first-order chi connectivity index (χ1) is 16.3. The van der Waals surface area contributed by atoms with Crippen LogP contribution in [0, 0.1) is 12.8 Å². The van der Waals surface area contributed by atoms with Crippen molar-refractivity contribution in [1.29, 1.82) is 0 Å². The van der Waals surface area contributed by atoms with Crippen molar-refractivity contribution in [2.75, 3.05) is 13.1 Å². The second kappa shape index (κ2) is 8.74. The van der Waals surface area contributed by atoms with Crippen LogP contribution in [0.15, 0.2) is 72.8 Å². The van der Waals surface area contributed by atoms with E-state index < -0.39 is 13.7 Å². The highest BCUT2D eigenvalue weighted by Gasteiger charge is 2.48. The Morgan fingerprint density at radius 3 is 2.26 bits per heavy atom. The monoisotopic (exact) mass is 469 g/mol. The Kier molecular flexibility index (Phi) is 5.89. The van der Waals surface area contributed by atoms with Gasteiger partial charge in [0.2, 0.25) is 0 Å². The van der Waals surface area contributed by atoms with Crippen LogP contribution in [0.25, 0.3) is 11.1 Å². The summed E-state index contributed by atoms with van der Waals surface area (Å²) in [4.78, 5) is 14.5. The van der Waals surface area contributed by atoms with Crippen LogP contribution in [-0.4, -0.2) is 37.8 Å². The Morgan fingerprint density at radius 2 is 1.56 bits per heavy atom. The van der Waals surface area contributed by atoms with Crippen LogP contribution in [0.1, 0.15) is 39.2 Å². The molecule has 0 spiro atoms. The molecule has 2 aliphatic heterocycles. The van der Waals surface area contributed by atoms with Crippen LogP contribution in [0.3, 0.4) is 0 Å². The lowest BCUT2D eigenvalue weighted by molar-refractivity contribution is 0.0189. The fraction of sp³-hybridized carbons (Fsp3) is 0.367. The summed E-state index contributed by atoms with van der Waals surface area (Å²) in [5.41, 5.74) is 3.81. The zero-order chi connectivity index (χ0) is 23.9. The molecule has 34 heavy (non-hydrogen) atoms. The molecule has 1 atom stereocenters. The van der Waals surface area contributed by atoms with Gasteiger partial charge in [0.15, 0.2) is 0 Å². The first-order valence-electron chi connectivity index (χ1n) is 12.5. The number of nitrogens with zero attached hydrogens (tertiary/aromatic N) is 1. The number of hydrogen-bond donors (Lipinski definition) is 0. The second-order valence-corrected chi connectivity index (χ2v) is 14.8. The van der Waals surface area contributed by atoms with Crippen molar-refractivity contribution >= 4 is 29.7 Å². The number of aryl methyl sites for hydroxylation is 1. The van der Waals surface area contributed by atoms with E-state index in [1.54, 1.807) is 10.4 Å². The van der Waals surface area contributed by atoms with Gasteiger partial charge in [-0.25, -0.2) is 4.79 Å². The molecule has 3 aromatic carbocycles. The quantitative estimate of drug-likeness (QED) is 0.500. The van der Waals surface area contributed by atoms with Gasteiger partial charge in [0.05, 0.1) is 0 Å². The lowest BCUT2D eigenvalue weighted by atomic mass is 9.99. The maximum absolute atomic E-state index is 12.6. The van der Waals surface area contributed by atoms with Gasteiger partial charge in [-0.2, -0.15) is 0 Å². The lowest BCUT2D eigenvalue weighted by Gasteiger charge is -2.38. The largest absolute Gasteiger partial charge is 0.444 e. The molecule has 0 radical (unpaired) electrons. The summed E-state index contributed by atoms with van der Waals surface area (Å²) >= 11 is 0. The minimum Gasteiger partial charge on any atom is -0.444 e. The number of amides is 1. The highest BCUT2D eigenvalue weighted by atomic mass is 28.3. The van der Waals surface area contributed by atoms with Crippen molar-refractivity contribution in [3.63, 3.8) is 0 Å². The molecule has 0 saturated carbocycles. The number of fused-ring (bicyclic) bond motifs is 3. The van der Waals surface area contributed by atoms with Crippen molar-refractivity contribution in [1.82, 2.24) is 4.90 Å². The van der Waals surface area contributed by atoms with Crippen LogP contribution >= 0.6 is 0 Å². The van der Waals surface area contributed by atoms with Gasteiger partial charge in [-0.05, 0) is 84.7 Å². The normalized spacial score (nSPS) is 20.1. The summed E-state index contributed by atoms with van der Waals surface area (Å²) in [5.74, 6) is 0.588. The Hall–Kier alpha value is -2.85. The molecule has 0 aliphatic carbocycles. The Bertz CT molecular complexity index is 1190. The molecule has 3 nitrogen and oxygen atoms in total. The van der Waals surface area contributed by atoms with Crippen LogP contribution in [0.2, 0.25) is 6.04 Å². The lowest BCUT2D eigenvalue weighted by Crippen LogP contribution is -2.65. The predicted molar refractivity (Wildman–Crippen MR) is 143 cm³/mol. The molecule has 3 aromatic rings. The van der Waals surface area contributed by atoms with Gasteiger partial charge in [-0.15, -0.1) is 0 Å². The summed E-state index contributed by atoms with van der Waals surface area (Å²) in [6.07, 6.45) is 1.89. The predicted octanol–water partition coefficient (Wildman–Crippen LogP) is 5.09. The van der Waals surface area contributed by atoms with Gasteiger partial charge in [-0.3, -0.25) is 0 Å². The molecule has 2 heterocycles. The van der Waals surface area contributed by atoms with Crippen molar-refractivity contribution in [2.24, 2.45) is 5.92 Å². The molecule has 0 N–H and O–H groups in total. The van der Waals surface area contributed by atoms with E-state index in [2.05, 4.69) is 79.7 Å². The molecule has 2 aliphatic rings. The summed E-state index contributed by atoms with van der Waals surface area (Å²) in [6, 6.07) is 28.4. The van der Waals surface area contributed by atoms with Crippen molar-refractivity contribution in [2.45, 2.75) is 52.2 Å². The van der Waals surface area contributed by atoms with E-state index in [4.69, 9.17) is 4.74 Å². The molecule has 5 rings (SSSR count). The SMILES string of the molecule is Cc1cccc2c1-c1ccccc1[Si@]2(CC1CCN(C(=O)OC(C)(C)C)CC1)c1ccccc1. The number of benzene rings is 3. The Morgan fingerprint density at radius 1 is 0.912 bits per heavy atom. The molecule has 176 valence electrons. The van der Waals surface area contributed by atoms with Crippen molar-refractivity contribution < 1.29 is 9.53 Å². The number of ether oxygens (including phenoxy) is 1. The molecule has 4 heteroatoms. The minimum atomic E-state index is -2.19. The van der Waals surface area contributed by atoms with Crippen LogP contribution in [0.5, 0.6) is 0 Å². The molecule has 1 saturated heterocycles. The molecule has 0 unspecified atom stereocenters. The van der Waals surface area contributed by atoms with E-state index in [1.165, 1.54) is 27.9 Å². The Labute approximate surface area is 204 Å². The first kappa shape index (κ1) is 22.9. The Balaban J connectivity index is 1.51. The third-order valence-corrected chi connectivity index (χ3v) is 12.7. The number of likely N-dealkylation sites (tertiary alicyclic amines) is 1. The third-order valence-electron chi connectivity index (χ3n) is 7.52. The maximum Gasteiger partial charge on any atom is 0.410 e. The zero-order valence-electron chi connectivity index (χ0n) is 20.8. The van der Waals surface area contributed by atoms with Crippen LogP contribution < -0.4 is 15.6 Å². The smallest absolute Gasteiger partial charge is 0.410 e. The molecule has 0 aromatic heterocycles. The molecular formula is C30H35NO2Si. The average Bonchev–Trinajstić information content (AvgIpc) is 3.11. The van der Waals surface area contributed by atoms with Gasteiger partial charge in [0.25, 0.3) is 0 Å². The van der Waals surface area contributed by atoms with Gasteiger partial charge in [0, 0.05) is 13.1 Å². The van der Waals surface area contributed by atoms with E-state index in [9.17, 15) is 4.79 Å². The fourth-order valence-electron chi connectivity index (χ4n) is 6.05. The van der Waals surface area contributed by atoms with Gasteiger partial charge in [-0.1, -0.05) is 72.8 Å². The van der Waals surface area contributed by atoms with Gasteiger partial charge < -0.3 is 9.64 Å². The van der Waals surface area contributed by atoms with E-state index in [1.807, 2.05) is 25.7 Å². The standard InChI is InChI=1S/C30H35NO2Si/c1-22-11-10-16-27-28(22)25-14-8-9-15-26(25)34(27,24-12-6-5-7-13-24)21-23-17-19-31(20-18-23)29(32)33-30(2,3)4/h5-16,23H,17-21H2,1-4H3/t34-/m0/s1. The van der Waals surface area contributed by atoms with Crippen molar-refractivity contribution in [3.05, 3.63) is 78.4 Å². The first-order valence-corrected chi connectivity index (χ1v) is 14.7. The summed E-state index contributed by atoms with van der Waals surface area (Å²) in [7, 11) is -2.19. The topological polar surface area (TPSA) is 29.5 Å². The number of carbonyl (C=O) groups excluding carboxylic acids is 1. The molecular weight excluding hydrogens is 434 g/mol. The van der Waals surface area contributed by atoms with E-state index >= 15 is 0 Å². The highest BCUT2D eigenvalue weighted by Crippen LogP contribution is 2.36.